The minimum atomic E-state index is -0.101. The Labute approximate surface area is 142 Å². The second-order valence-electron chi connectivity index (χ2n) is 5.91. The number of nitrogens with zero attached hydrogens (tertiary/aromatic N) is 2. The van der Waals surface area contributed by atoms with Crippen LogP contribution in [0.2, 0.25) is 0 Å². The maximum Gasteiger partial charge on any atom is 0.224 e. The molecule has 1 aliphatic rings. The summed E-state index contributed by atoms with van der Waals surface area (Å²) in [5.74, 6) is 0.514. The van der Waals surface area contributed by atoms with E-state index in [0.717, 1.165) is 12.8 Å². The molecule has 0 aliphatic heterocycles. The van der Waals surface area contributed by atoms with Crippen LogP contribution in [0.5, 0.6) is 5.75 Å². The highest BCUT2D eigenvalue weighted by Gasteiger charge is 2.25. The van der Waals surface area contributed by atoms with Crippen LogP contribution in [0.1, 0.15) is 29.4 Å². The molecule has 2 heterocycles. The van der Waals surface area contributed by atoms with E-state index in [4.69, 9.17) is 5.73 Å². The quantitative estimate of drug-likeness (QED) is 0.629. The lowest BCUT2D eigenvalue weighted by molar-refractivity contribution is 0.102. The van der Waals surface area contributed by atoms with Crippen molar-refractivity contribution in [1.29, 1.82) is 0 Å². The Morgan fingerprint density at radius 2 is 2.08 bits per heavy atom. The summed E-state index contributed by atoms with van der Waals surface area (Å²) >= 11 is 1.26. The van der Waals surface area contributed by atoms with E-state index < -0.39 is 0 Å². The van der Waals surface area contributed by atoms with Gasteiger partial charge in [0.2, 0.25) is 5.95 Å². The van der Waals surface area contributed by atoms with Gasteiger partial charge in [-0.25, -0.2) is 9.97 Å². The first-order valence-electron chi connectivity index (χ1n) is 7.70. The number of aromatic nitrogens is 2. The third-order valence-electron chi connectivity index (χ3n) is 3.98. The van der Waals surface area contributed by atoms with Crippen LogP contribution in [0.4, 0.5) is 11.6 Å². The van der Waals surface area contributed by atoms with Gasteiger partial charge in [0.1, 0.15) is 10.6 Å². The van der Waals surface area contributed by atoms with E-state index in [1.54, 1.807) is 18.2 Å². The molecule has 2 aromatic heterocycles. The van der Waals surface area contributed by atoms with Crippen LogP contribution in [0.3, 0.4) is 0 Å². The van der Waals surface area contributed by atoms with Crippen molar-refractivity contribution in [3.8, 4) is 17.0 Å². The second-order valence-corrected chi connectivity index (χ2v) is 6.91. The molecule has 6 nitrogen and oxygen atoms in total. The van der Waals surface area contributed by atoms with Gasteiger partial charge in [-0.1, -0.05) is 12.1 Å². The van der Waals surface area contributed by atoms with Crippen molar-refractivity contribution in [2.24, 2.45) is 0 Å². The summed E-state index contributed by atoms with van der Waals surface area (Å²) in [5, 5.41) is 14.1. The van der Waals surface area contributed by atoms with E-state index in [1.807, 2.05) is 6.07 Å². The van der Waals surface area contributed by atoms with Gasteiger partial charge >= 0.3 is 0 Å². The molecule has 0 bridgehead atoms. The van der Waals surface area contributed by atoms with Crippen molar-refractivity contribution >= 4 is 39.0 Å². The van der Waals surface area contributed by atoms with Crippen LogP contribution in [0.25, 0.3) is 21.5 Å². The zero-order valence-corrected chi connectivity index (χ0v) is 13.9. The summed E-state index contributed by atoms with van der Waals surface area (Å²) in [5.41, 5.74) is 7.69. The number of nitrogen functional groups attached to an aromatic ring is 1. The van der Waals surface area contributed by atoms with E-state index in [-0.39, 0.29) is 11.5 Å². The fourth-order valence-corrected chi connectivity index (χ4v) is 3.62. The van der Waals surface area contributed by atoms with Crippen molar-refractivity contribution in [2.75, 3.05) is 11.1 Å². The summed E-state index contributed by atoms with van der Waals surface area (Å²) in [4.78, 5) is 22.1. The first-order valence-corrected chi connectivity index (χ1v) is 8.52. The summed E-state index contributed by atoms with van der Waals surface area (Å²) in [7, 11) is 0. The SMILES string of the molecule is CC(=O)c1sc2nc(NC3CC3)nc(-c3ccccc3O)c2c1N. The fraction of sp³-hybridized carbons (Fsp3) is 0.235. The average Bonchev–Trinajstić information content (AvgIpc) is 3.29. The lowest BCUT2D eigenvalue weighted by Crippen LogP contribution is -2.06. The van der Waals surface area contributed by atoms with Gasteiger partial charge in [-0.3, -0.25) is 4.79 Å². The van der Waals surface area contributed by atoms with E-state index in [9.17, 15) is 9.90 Å². The monoisotopic (exact) mass is 340 g/mol. The number of para-hydroxylation sites is 1. The molecule has 1 saturated carbocycles. The lowest BCUT2D eigenvalue weighted by atomic mass is 10.1. The van der Waals surface area contributed by atoms with Crippen LogP contribution in [0, 0.1) is 0 Å². The van der Waals surface area contributed by atoms with Gasteiger partial charge in [-0.15, -0.1) is 11.3 Å². The number of aromatic hydroxyl groups is 1. The molecule has 7 heteroatoms. The van der Waals surface area contributed by atoms with Crippen LogP contribution in [-0.2, 0) is 0 Å². The van der Waals surface area contributed by atoms with Crippen LogP contribution >= 0.6 is 11.3 Å². The topological polar surface area (TPSA) is 101 Å². The molecule has 1 aliphatic carbocycles. The van der Waals surface area contributed by atoms with Crippen molar-refractivity contribution in [3.63, 3.8) is 0 Å². The molecule has 1 fully saturated rings. The number of anilines is 2. The number of ketones is 1. The van der Waals surface area contributed by atoms with Crippen molar-refractivity contribution in [2.45, 2.75) is 25.8 Å². The van der Waals surface area contributed by atoms with Crippen molar-refractivity contribution in [1.82, 2.24) is 9.97 Å². The largest absolute Gasteiger partial charge is 0.507 e. The number of nitrogens with two attached hydrogens (primary N) is 1. The lowest BCUT2D eigenvalue weighted by Gasteiger charge is -2.09. The Hall–Kier alpha value is -2.67. The Kier molecular flexibility index (Phi) is 3.38. The predicted octanol–water partition coefficient (Wildman–Crippen LogP) is 3.42. The predicted molar refractivity (Wildman–Crippen MR) is 95.6 cm³/mol. The molecule has 3 aromatic rings. The molecular formula is C17H16N4O2S. The Morgan fingerprint density at radius 3 is 2.75 bits per heavy atom. The van der Waals surface area contributed by atoms with Gasteiger partial charge in [0.25, 0.3) is 0 Å². The highest BCUT2D eigenvalue weighted by Crippen LogP contribution is 2.41. The molecule has 4 N–H and O–H groups in total. The summed E-state index contributed by atoms with van der Waals surface area (Å²) in [6.07, 6.45) is 2.19. The van der Waals surface area contributed by atoms with E-state index in [1.165, 1.54) is 18.3 Å². The summed E-state index contributed by atoms with van der Waals surface area (Å²) < 4.78 is 0. The highest BCUT2D eigenvalue weighted by atomic mass is 32.1. The highest BCUT2D eigenvalue weighted by molar-refractivity contribution is 7.21. The molecule has 122 valence electrons. The number of fused-ring (bicyclic) bond motifs is 1. The molecular weight excluding hydrogens is 324 g/mol. The standard InChI is InChI=1S/C17H16N4O2S/c1-8(22)15-13(18)12-14(10-4-2-3-5-11(10)23)20-17(19-9-6-7-9)21-16(12)24-15/h2-5,9,23H,6-7,18H2,1H3,(H,19,20,21). The van der Waals surface area contributed by atoms with Crippen molar-refractivity contribution < 1.29 is 9.90 Å². The number of Topliss-reactive ketones (excluding diaryl/α,β-unsaturated/α-hetero) is 1. The molecule has 0 amide bonds. The number of rotatable bonds is 4. The molecule has 0 spiro atoms. The molecule has 0 saturated heterocycles. The van der Waals surface area contributed by atoms with Crippen LogP contribution in [-0.4, -0.2) is 26.9 Å². The number of carbonyl (C=O) groups is 1. The number of hydrogen-bond donors (Lipinski definition) is 3. The van der Waals surface area contributed by atoms with Gasteiger partial charge in [0, 0.05) is 18.5 Å². The summed E-state index contributed by atoms with van der Waals surface area (Å²) in [6.45, 7) is 1.48. The second kappa shape index (κ2) is 5.45. The third kappa shape index (κ3) is 2.46. The van der Waals surface area contributed by atoms with Gasteiger partial charge in [0.15, 0.2) is 5.78 Å². The zero-order chi connectivity index (χ0) is 16.8. The average molecular weight is 340 g/mol. The van der Waals surface area contributed by atoms with E-state index in [2.05, 4.69) is 15.3 Å². The minimum Gasteiger partial charge on any atom is -0.507 e. The maximum absolute atomic E-state index is 11.8. The first kappa shape index (κ1) is 14.9. The maximum atomic E-state index is 11.8. The Morgan fingerprint density at radius 1 is 1.33 bits per heavy atom. The minimum absolute atomic E-state index is 0.101. The van der Waals surface area contributed by atoms with E-state index >= 15 is 0 Å². The molecule has 4 rings (SSSR count). The zero-order valence-electron chi connectivity index (χ0n) is 13.0. The molecule has 0 atom stereocenters. The molecule has 1 aromatic carbocycles. The normalized spacial score (nSPS) is 14.0. The number of benzene rings is 1. The Balaban J connectivity index is 2.00. The van der Waals surface area contributed by atoms with Gasteiger partial charge in [0.05, 0.1) is 21.6 Å². The number of thiophene rings is 1. The third-order valence-corrected chi connectivity index (χ3v) is 5.18. The smallest absolute Gasteiger partial charge is 0.224 e. The number of nitrogens with one attached hydrogen (secondary N) is 1. The van der Waals surface area contributed by atoms with Crippen molar-refractivity contribution in [3.05, 3.63) is 29.1 Å². The fourth-order valence-electron chi connectivity index (χ4n) is 2.63. The molecule has 0 unspecified atom stereocenters. The van der Waals surface area contributed by atoms with Crippen LogP contribution in [0.15, 0.2) is 24.3 Å². The van der Waals surface area contributed by atoms with Crippen LogP contribution < -0.4 is 11.1 Å². The number of hydrogen-bond acceptors (Lipinski definition) is 7. The Bertz CT molecular complexity index is 963. The van der Waals surface area contributed by atoms with E-state index in [0.29, 0.717) is 44.0 Å². The number of phenols is 1. The molecule has 0 radical (unpaired) electrons. The number of phenolic OH excluding ortho intramolecular Hbond substituents is 1. The van der Waals surface area contributed by atoms with Gasteiger partial charge < -0.3 is 16.2 Å². The molecule has 24 heavy (non-hydrogen) atoms. The summed E-state index contributed by atoms with van der Waals surface area (Å²) in [6, 6.07) is 7.35. The first-order chi connectivity index (χ1) is 11.5. The van der Waals surface area contributed by atoms with Gasteiger partial charge in [-0.2, -0.15) is 0 Å². The number of carbonyl (C=O) groups excluding carboxylic acids is 1. The van der Waals surface area contributed by atoms with Gasteiger partial charge in [-0.05, 0) is 25.0 Å².